The van der Waals surface area contributed by atoms with Crippen molar-refractivity contribution in [3.63, 3.8) is 0 Å². The fourth-order valence-corrected chi connectivity index (χ4v) is 2.26. The second kappa shape index (κ2) is 8.91. The van der Waals surface area contributed by atoms with Gasteiger partial charge in [0.2, 0.25) is 5.82 Å². The first-order valence-electron chi connectivity index (χ1n) is 8.15. The molecule has 0 atom stereocenters. The second-order valence-corrected chi connectivity index (χ2v) is 5.71. The number of para-hydroxylation sites is 2. The molecule has 3 aromatic rings. The van der Waals surface area contributed by atoms with Gasteiger partial charge in [0.25, 0.3) is 5.91 Å². The average Bonchev–Trinajstić information content (AvgIpc) is 3.15. The molecule has 0 aliphatic carbocycles. The van der Waals surface area contributed by atoms with Crippen LogP contribution in [0.15, 0.2) is 53.1 Å². The quantitative estimate of drug-likeness (QED) is 0.571. The van der Waals surface area contributed by atoms with Crippen LogP contribution in [0.2, 0.25) is 5.02 Å². The van der Waals surface area contributed by atoms with E-state index in [0.29, 0.717) is 29.0 Å². The number of nitrogens with one attached hydrogen (secondary N) is 2. The summed E-state index contributed by atoms with van der Waals surface area (Å²) in [4.78, 5) is 16.1. The SMILES string of the molecule is CCOc1ccccc1OCC(=O)NNc1nc(-c2ccc(Cl)cc2)no1. The molecule has 2 N–H and O–H groups in total. The number of ether oxygens (including phenoxy) is 2. The van der Waals surface area contributed by atoms with Crippen LogP contribution in [-0.4, -0.2) is 29.3 Å². The molecule has 0 aliphatic heterocycles. The van der Waals surface area contributed by atoms with Gasteiger partial charge in [-0.15, -0.1) is 0 Å². The van der Waals surface area contributed by atoms with E-state index in [1.54, 1.807) is 42.5 Å². The van der Waals surface area contributed by atoms with Crippen LogP contribution in [0.4, 0.5) is 6.01 Å². The number of amides is 1. The Balaban J connectivity index is 1.50. The Morgan fingerprint density at radius 2 is 1.81 bits per heavy atom. The first kappa shape index (κ1) is 18.5. The van der Waals surface area contributed by atoms with E-state index in [1.807, 2.05) is 13.0 Å². The largest absolute Gasteiger partial charge is 0.490 e. The first-order valence-corrected chi connectivity index (χ1v) is 8.52. The van der Waals surface area contributed by atoms with Crippen molar-refractivity contribution in [1.82, 2.24) is 15.6 Å². The highest BCUT2D eigenvalue weighted by atomic mass is 35.5. The summed E-state index contributed by atoms with van der Waals surface area (Å²) < 4.78 is 15.9. The molecule has 3 rings (SSSR count). The summed E-state index contributed by atoms with van der Waals surface area (Å²) >= 11 is 5.85. The number of carbonyl (C=O) groups is 1. The highest BCUT2D eigenvalue weighted by molar-refractivity contribution is 6.30. The zero-order valence-electron chi connectivity index (χ0n) is 14.4. The molecule has 1 aromatic heterocycles. The van der Waals surface area contributed by atoms with Crippen molar-refractivity contribution >= 4 is 23.5 Å². The van der Waals surface area contributed by atoms with E-state index in [9.17, 15) is 4.79 Å². The normalized spacial score (nSPS) is 10.3. The molecule has 27 heavy (non-hydrogen) atoms. The van der Waals surface area contributed by atoms with Crippen LogP contribution < -0.4 is 20.3 Å². The molecule has 8 nitrogen and oxygen atoms in total. The van der Waals surface area contributed by atoms with Crippen LogP contribution >= 0.6 is 11.6 Å². The molecule has 1 heterocycles. The summed E-state index contributed by atoms with van der Waals surface area (Å²) in [5, 5.41) is 4.44. The molecule has 140 valence electrons. The van der Waals surface area contributed by atoms with Crippen LogP contribution in [0.25, 0.3) is 11.4 Å². The molecule has 9 heteroatoms. The van der Waals surface area contributed by atoms with Gasteiger partial charge in [0.1, 0.15) is 0 Å². The minimum Gasteiger partial charge on any atom is -0.490 e. The predicted molar refractivity (Wildman–Crippen MR) is 99.6 cm³/mol. The van der Waals surface area contributed by atoms with Crippen molar-refractivity contribution in [1.29, 1.82) is 0 Å². The molecular formula is C18H17ClN4O4. The number of hydrogen-bond donors (Lipinski definition) is 2. The Hall–Kier alpha value is -3.26. The third-order valence-electron chi connectivity index (χ3n) is 3.35. The summed E-state index contributed by atoms with van der Waals surface area (Å²) in [6, 6.07) is 14.1. The lowest BCUT2D eigenvalue weighted by molar-refractivity contribution is -0.122. The van der Waals surface area contributed by atoms with Gasteiger partial charge in [0.05, 0.1) is 6.61 Å². The molecule has 2 aromatic carbocycles. The lowest BCUT2D eigenvalue weighted by atomic mass is 10.2. The highest BCUT2D eigenvalue weighted by Crippen LogP contribution is 2.26. The molecule has 0 spiro atoms. The molecule has 0 saturated carbocycles. The molecular weight excluding hydrogens is 372 g/mol. The summed E-state index contributed by atoms with van der Waals surface area (Å²) in [5.74, 6) is 1.00. The number of benzene rings is 2. The van der Waals surface area contributed by atoms with Gasteiger partial charge in [-0.2, -0.15) is 4.98 Å². The number of halogens is 1. The van der Waals surface area contributed by atoms with E-state index in [2.05, 4.69) is 21.0 Å². The zero-order valence-corrected chi connectivity index (χ0v) is 15.2. The van der Waals surface area contributed by atoms with E-state index in [0.717, 1.165) is 5.56 Å². The minimum absolute atomic E-state index is 0.0445. The van der Waals surface area contributed by atoms with Crippen LogP contribution in [0, 0.1) is 0 Å². The minimum atomic E-state index is -0.424. The number of nitrogens with zero attached hydrogens (tertiary/aromatic N) is 2. The van der Waals surface area contributed by atoms with Crippen molar-refractivity contribution in [2.75, 3.05) is 18.6 Å². The van der Waals surface area contributed by atoms with Crippen molar-refractivity contribution in [3.05, 3.63) is 53.6 Å². The Morgan fingerprint density at radius 1 is 1.11 bits per heavy atom. The number of hydrogen-bond acceptors (Lipinski definition) is 7. The second-order valence-electron chi connectivity index (χ2n) is 5.27. The van der Waals surface area contributed by atoms with Gasteiger partial charge in [-0.3, -0.25) is 10.2 Å². The summed E-state index contributed by atoms with van der Waals surface area (Å²) in [6.45, 7) is 2.16. The van der Waals surface area contributed by atoms with Crippen molar-refractivity contribution in [3.8, 4) is 22.9 Å². The van der Waals surface area contributed by atoms with E-state index in [-0.39, 0.29) is 12.6 Å². The molecule has 0 unspecified atom stereocenters. The van der Waals surface area contributed by atoms with Crippen molar-refractivity contribution in [2.45, 2.75) is 6.92 Å². The fourth-order valence-electron chi connectivity index (χ4n) is 2.14. The monoisotopic (exact) mass is 388 g/mol. The van der Waals surface area contributed by atoms with Crippen LogP contribution in [-0.2, 0) is 4.79 Å². The van der Waals surface area contributed by atoms with Crippen LogP contribution in [0.1, 0.15) is 6.92 Å². The highest BCUT2D eigenvalue weighted by Gasteiger charge is 2.11. The number of hydrazine groups is 1. The average molecular weight is 389 g/mol. The van der Waals surface area contributed by atoms with Gasteiger partial charge < -0.3 is 14.0 Å². The third kappa shape index (κ3) is 5.11. The summed E-state index contributed by atoms with van der Waals surface area (Å²) in [6.07, 6.45) is 0. The maximum Gasteiger partial charge on any atom is 0.340 e. The zero-order chi connectivity index (χ0) is 19.1. The summed E-state index contributed by atoms with van der Waals surface area (Å²) in [5.41, 5.74) is 5.70. The maximum absolute atomic E-state index is 11.9. The Kier molecular flexibility index (Phi) is 6.11. The lowest BCUT2D eigenvalue weighted by Crippen LogP contribution is -2.33. The van der Waals surface area contributed by atoms with Gasteiger partial charge in [-0.25, -0.2) is 5.43 Å². The predicted octanol–water partition coefficient (Wildman–Crippen LogP) is 3.31. The van der Waals surface area contributed by atoms with Crippen LogP contribution in [0.5, 0.6) is 11.5 Å². The van der Waals surface area contributed by atoms with E-state index < -0.39 is 5.91 Å². The molecule has 0 saturated heterocycles. The Labute approximate surface area is 160 Å². The van der Waals surface area contributed by atoms with Gasteiger partial charge in [-0.05, 0) is 43.3 Å². The Morgan fingerprint density at radius 3 is 2.52 bits per heavy atom. The topological polar surface area (TPSA) is 98.5 Å². The first-order chi connectivity index (χ1) is 13.2. The maximum atomic E-state index is 11.9. The van der Waals surface area contributed by atoms with E-state index in [1.165, 1.54) is 0 Å². The Bertz CT molecular complexity index is 898. The van der Waals surface area contributed by atoms with Gasteiger partial charge in [0.15, 0.2) is 18.1 Å². The lowest BCUT2D eigenvalue weighted by Gasteiger charge is -2.11. The van der Waals surface area contributed by atoms with Gasteiger partial charge in [0, 0.05) is 10.6 Å². The standard InChI is InChI=1S/C18H17ClN4O4/c1-2-25-14-5-3-4-6-15(14)26-11-16(24)21-22-18-20-17(23-27-18)12-7-9-13(19)10-8-12/h3-10H,2,11H2,1H3,(H,21,24)(H,20,22,23). The molecule has 0 aliphatic rings. The number of rotatable bonds is 8. The van der Waals surface area contributed by atoms with Crippen molar-refractivity contribution in [2.24, 2.45) is 0 Å². The third-order valence-corrected chi connectivity index (χ3v) is 3.60. The molecule has 0 fully saturated rings. The number of aromatic nitrogens is 2. The fraction of sp³-hybridized carbons (Fsp3) is 0.167. The van der Waals surface area contributed by atoms with E-state index in [4.69, 9.17) is 25.6 Å². The molecule has 1 amide bonds. The molecule has 0 radical (unpaired) electrons. The van der Waals surface area contributed by atoms with E-state index >= 15 is 0 Å². The number of anilines is 1. The van der Waals surface area contributed by atoms with Crippen molar-refractivity contribution < 1.29 is 18.8 Å². The van der Waals surface area contributed by atoms with Crippen LogP contribution in [0.3, 0.4) is 0 Å². The van der Waals surface area contributed by atoms with Gasteiger partial charge >= 0.3 is 6.01 Å². The van der Waals surface area contributed by atoms with Gasteiger partial charge in [-0.1, -0.05) is 28.9 Å². The smallest absolute Gasteiger partial charge is 0.340 e. The summed E-state index contributed by atoms with van der Waals surface area (Å²) in [7, 11) is 0. The molecule has 0 bridgehead atoms. The number of carbonyl (C=O) groups excluding carboxylic acids is 1.